The number of ether oxygens (including phenoxy) is 2. The third kappa shape index (κ3) is 4.90. The van der Waals surface area contributed by atoms with E-state index in [4.69, 9.17) is 19.6 Å². The van der Waals surface area contributed by atoms with Gasteiger partial charge in [-0.1, -0.05) is 0 Å². The van der Waals surface area contributed by atoms with Crippen molar-refractivity contribution in [1.82, 2.24) is 9.97 Å². The Kier molecular flexibility index (Phi) is 6.43. The van der Waals surface area contributed by atoms with Gasteiger partial charge in [-0.15, -0.1) is 0 Å². The molecule has 3 aromatic heterocycles. The van der Waals surface area contributed by atoms with E-state index in [1.165, 1.54) is 0 Å². The molecule has 8 heteroatoms. The SMILES string of the molecule is CCOC(=O)CCCOc1ccc(-c2cc(C#N)c(N)nc2-c2ccco2)cn1. The molecule has 0 atom stereocenters. The summed E-state index contributed by atoms with van der Waals surface area (Å²) in [6.45, 7) is 2.49. The Labute approximate surface area is 167 Å². The summed E-state index contributed by atoms with van der Waals surface area (Å²) >= 11 is 0. The zero-order valence-electron chi connectivity index (χ0n) is 15.9. The van der Waals surface area contributed by atoms with Gasteiger partial charge in [0.15, 0.2) is 5.76 Å². The predicted octanol–water partition coefficient (Wildman–Crippen LogP) is 3.58. The van der Waals surface area contributed by atoms with Crippen LogP contribution in [0.5, 0.6) is 5.88 Å². The van der Waals surface area contributed by atoms with Crippen LogP contribution in [0, 0.1) is 11.3 Å². The predicted molar refractivity (Wildman–Crippen MR) is 106 cm³/mol. The Bertz CT molecular complexity index is 1010. The van der Waals surface area contributed by atoms with Crippen molar-refractivity contribution in [2.24, 2.45) is 0 Å². The molecular weight excluding hydrogens is 372 g/mol. The first-order valence-corrected chi connectivity index (χ1v) is 9.11. The van der Waals surface area contributed by atoms with Crippen molar-refractivity contribution in [1.29, 1.82) is 5.26 Å². The standard InChI is InChI=1S/C21H20N4O4/c1-2-27-19(26)6-4-10-29-18-8-7-14(13-24-18)16-11-15(12-22)21(23)25-20(16)17-5-3-9-28-17/h3,5,7-9,11,13H,2,4,6,10H2,1H3,(H2,23,25). The molecule has 148 valence electrons. The highest BCUT2D eigenvalue weighted by Crippen LogP contribution is 2.33. The number of anilines is 1. The summed E-state index contributed by atoms with van der Waals surface area (Å²) in [5, 5.41) is 9.29. The number of nitrogens with two attached hydrogens (primary N) is 1. The van der Waals surface area contributed by atoms with E-state index in [-0.39, 0.29) is 17.4 Å². The number of carbonyl (C=O) groups is 1. The van der Waals surface area contributed by atoms with Gasteiger partial charge < -0.3 is 19.6 Å². The van der Waals surface area contributed by atoms with Crippen LogP contribution in [0.15, 0.2) is 47.2 Å². The van der Waals surface area contributed by atoms with Crippen LogP contribution < -0.4 is 10.5 Å². The van der Waals surface area contributed by atoms with Crippen molar-refractivity contribution in [2.75, 3.05) is 18.9 Å². The Morgan fingerprint density at radius 3 is 2.86 bits per heavy atom. The van der Waals surface area contributed by atoms with E-state index in [1.807, 2.05) is 12.1 Å². The van der Waals surface area contributed by atoms with Crippen molar-refractivity contribution in [3.8, 4) is 34.5 Å². The summed E-state index contributed by atoms with van der Waals surface area (Å²) in [6.07, 6.45) is 4.01. The molecule has 0 bridgehead atoms. The number of esters is 1. The maximum Gasteiger partial charge on any atom is 0.305 e. The van der Waals surface area contributed by atoms with Crippen molar-refractivity contribution < 1.29 is 18.7 Å². The van der Waals surface area contributed by atoms with Gasteiger partial charge in [0.2, 0.25) is 5.88 Å². The van der Waals surface area contributed by atoms with E-state index in [2.05, 4.69) is 9.97 Å². The largest absolute Gasteiger partial charge is 0.478 e. The molecule has 0 aliphatic carbocycles. The molecule has 0 unspecified atom stereocenters. The van der Waals surface area contributed by atoms with Crippen LogP contribution in [-0.2, 0) is 9.53 Å². The molecule has 8 nitrogen and oxygen atoms in total. The monoisotopic (exact) mass is 392 g/mol. The van der Waals surface area contributed by atoms with Crippen LogP contribution in [0.2, 0.25) is 0 Å². The number of nitrogen functional groups attached to an aromatic ring is 1. The van der Waals surface area contributed by atoms with Crippen LogP contribution in [0.3, 0.4) is 0 Å². The molecule has 0 aromatic carbocycles. The Hall–Kier alpha value is -3.86. The average Bonchev–Trinajstić information content (AvgIpc) is 3.26. The molecule has 2 N–H and O–H groups in total. The van der Waals surface area contributed by atoms with E-state index in [1.54, 1.807) is 43.6 Å². The lowest BCUT2D eigenvalue weighted by molar-refractivity contribution is -0.143. The number of rotatable bonds is 8. The molecule has 29 heavy (non-hydrogen) atoms. The van der Waals surface area contributed by atoms with Crippen LogP contribution in [-0.4, -0.2) is 29.2 Å². The highest BCUT2D eigenvalue weighted by Gasteiger charge is 2.16. The van der Waals surface area contributed by atoms with Gasteiger partial charge in [0.25, 0.3) is 0 Å². The third-order valence-corrected chi connectivity index (χ3v) is 4.05. The van der Waals surface area contributed by atoms with Gasteiger partial charge in [-0.05, 0) is 37.6 Å². The van der Waals surface area contributed by atoms with Crippen molar-refractivity contribution >= 4 is 11.8 Å². The average molecular weight is 392 g/mol. The summed E-state index contributed by atoms with van der Waals surface area (Å²) < 4.78 is 15.9. The molecule has 0 fully saturated rings. The third-order valence-electron chi connectivity index (χ3n) is 4.05. The molecule has 0 radical (unpaired) electrons. The van der Waals surface area contributed by atoms with Gasteiger partial charge >= 0.3 is 5.97 Å². The highest BCUT2D eigenvalue weighted by atomic mass is 16.5. The topological polar surface area (TPSA) is 124 Å². The maximum absolute atomic E-state index is 11.3. The molecule has 0 saturated carbocycles. The summed E-state index contributed by atoms with van der Waals surface area (Å²) in [5.41, 5.74) is 8.08. The van der Waals surface area contributed by atoms with E-state index < -0.39 is 0 Å². The molecule has 0 aliphatic rings. The number of nitriles is 1. The number of aromatic nitrogens is 2. The fourth-order valence-corrected chi connectivity index (χ4v) is 2.69. The zero-order chi connectivity index (χ0) is 20.6. The molecular formula is C21H20N4O4. The number of hydrogen-bond acceptors (Lipinski definition) is 8. The van der Waals surface area contributed by atoms with Gasteiger partial charge in [0, 0.05) is 29.8 Å². The van der Waals surface area contributed by atoms with Gasteiger partial charge in [0.05, 0.1) is 25.0 Å². The van der Waals surface area contributed by atoms with Crippen LogP contribution in [0.4, 0.5) is 5.82 Å². The van der Waals surface area contributed by atoms with Crippen molar-refractivity contribution in [3.05, 3.63) is 48.4 Å². The minimum Gasteiger partial charge on any atom is -0.478 e. The Morgan fingerprint density at radius 2 is 2.21 bits per heavy atom. The maximum atomic E-state index is 11.3. The molecule has 3 aromatic rings. The molecule has 3 heterocycles. The smallest absolute Gasteiger partial charge is 0.305 e. The number of hydrogen-bond donors (Lipinski definition) is 1. The minimum atomic E-state index is -0.242. The molecule has 0 amide bonds. The highest BCUT2D eigenvalue weighted by molar-refractivity contribution is 5.81. The lowest BCUT2D eigenvalue weighted by Gasteiger charge is -2.10. The zero-order valence-corrected chi connectivity index (χ0v) is 15.9. The van der Waals surface area contributed by atoms with Crippen LogP contribution in [0.25, 0.3) is 22.6 Å². The number of carbonyl (C=O) groups excluding carboxylic acids is 1. The number of pyridine rings is 2. The van der Waals surface area contributed by atoms with Crippen LogP contribution >= 0.6 is 0 Å². The number of nitrogens with zero attached hydrogens (tertiary/aromatic N) is 3. The quantitative estimate of drug-likeness (QED) is 0.455. The second-order valence-corrected chi connectivity index (χ2v) is 6.05. The number of furan rings is 1. The molecule has 0 aliphatic heterocycles. The second-order valence-electron chi connectivity index (χ2n) is 6.05. The second kappa shape index (κ2) is 9.37. The van der Waals surface area contributed by atoms with Gasteiger partial charge in [0.1, 0.15) is 17.6 Å². The summed E-state index contributed by atoms with van der Waals surface area (Å²) in [6, 6.07) is 10.8. The van der Waals surface area contributed by atoms with Crippen molar-refractivity contribution in [2.45, 2.75) is 19.8 Å². The molecule has 3 rings (SSSR count). The summed E-state index contributed by atoms with van der Waals surface area (Å²) in [4.78, 5) is 20.0. The first kappa shape index (κ1) is 19.9. The normalized spacial score (nSPS) is 10.3. The summed E-state index contributed by atoms with van der Waals surface area (Å²) in [7, 11) is 0. The Morgan fingerprint density at radius 1 is 1.34 bits per heavy atom. The molecule has 0 saturated heterocycles. The van der Waals surface area contributed by atoms with Crippen molar-refractivity contribution in [3.63, 3.8) is 0 Å². The first-order chi connectivity index (χ1) is 14.1. The first-order valence-electron chi connectivity index (χ1n) is 9.11. The lowest BCUT2D eigenvalue weighted by Crippen LogP contribution is -2.07. The molecule has 0 spiro atoms. The van der Waals surface area contributed by atoms with Gasteiger partial charge in [-0.3, -0.25) is 4.79 Å². The van der Waals surface area contributed by atoms with Gasteiger partial charge in [-0.25, -0.2) is 9.97 Å². The minimum absolute atomic E-state index is 0.136. The van der Waals surface area contributed by atoms with E-state index in [9.17, 15) is 10.1 Å². The van der Waals surface area contributed by atoms with E-state index in [0.717, 1.165) is 5.56 Å². The van der Waals surface area contributed by atoms with Crippen LogP contribution in [0.1, 0.15) is 25.3 Å². The Balaban J connectivity index is 1.76. The van der Waals surface area contributed by atoms with E-state index >= 15 is 0 Å². The fourth-order valence-electron chi connectivity index (χ4n) is 2.69. The summed E-state index contributed by atoms with van der Waals surface area (Å²) in [5.74, 6) is 0.864. The van der Waals surface area contributed by atoms with E-state index in [0.29, 0.717) is 49.0 Å². The fraction of sp³-hybridized carbons (Fsp3) is 0.238. The lowest BCUT2D eigenvalue weighted by atomic mass is 10.0. The van der Waals surface area contributed by atoms with Gasteiger partial charge in [-0.2, -0.15) is 5.26 Å².